The summed E-state index contributed by atoms with van der Waals surface area (Å²) in [4.78, 5) is 25.7. The summed E-state index contributed by atoms with van der Waals surface area (Å²) >= 11 is 3.09. The quantitative estimate of drug-likeness (QED) is 0.903. The fourth-order valence-corrected chi connectivity index (χ4v) is 1.72. The van der Waals surface area contributed by atoms with E-state index >= 15 is 0 Å². The van der Waals surface area contributed by atoms with Gasteiger partial charge in [0.15, 0.2) is 0 Å². The summed E-state index contributed by atoms with van der Waals surface area (Å²) in [5, 5.41) is 0. The molecular weight excluding hydrogens is 272 g/mol. The van der Waals surface area contributed by atoms with Crippen molar-refractivity contribution in [3.8, 4) is 0 Å². The van der Waals surface area contributed by atoms with Crippen molar-refractivity contribution in [3.05, 3.63) is 67.4 Å². The predicted octanol–water partition coefficient (Wildman–Crippen LogP) is 1.35. The van der Waals surface area contributed by atoms with Gasteiger partial charge >= 0.3 is 5.69 Å². The number of halogens is 1. The summed E-state index contributed by atoms with van der Waals surface area (Å²) in [6.45, 7) is 0.272. The van der Waals surface area contributed by atoms with E-state index in [4.69, 9.17) is 0 Å². The molecule has 0 aliphatic heterocycles. The highest BCUT2D eigenvalue weighted by atomic mass is 79.9. The summed E-state index contributed by atoms with van der Waals surface area (Å²) in [5.41, 5.74) is 0.179. The predicted molar refractivity (Wildman–Crippen MR) is 64.6 cm³/mol. The standard InChI is InChI=1S/C11H9BrN2O2/c12-9-6-13-11(16)14(10(9)15)7-8-4-2-1-3-5-8/h1-6H,7H2,(H,13,16). The number of nitrogens with zero attached hydrogens (tertiary/aromatic N) is 1. The van der Waals surface area contributed by atoms with Crippen molar-refractivity contribution in [2.75, 3.05) is 0 Å². The molecule has 0 radical (unpaired) electrons. The second-order valence-electron chi connectivity index (χ2n) is 3.32. The Hall–Kier alpha value is -1.62. The second kappa shape index (κ2) is 4.49. The molecule has 0 aliphatic carbocycles. The summed E-state index contributed by atoms with van der Waals surface area (Å²) in [6.07, 6.45) is 1.35. The summed E-state index contributed by atoms with van der Waals surface area (Å²) in [6, 6.07) is 9.36. The van der Waals surface area contributed by atoms with E-state index in [1.54, 1.807) is 0 Å². The average molecular weight is 281 g/mol. The molecule has 2 aromatic rings. The number of aromatic amines is 1. The highest BCUT2D eigenvalue weighted by Gasteiger charge is 2.05. The van der Waals surface area contributed by atoms with Crippen LogP contribution in [0.5, 0.6) is 0 Å². The number of rotatable bonds is 2. The molecule has 1 aromatic carbocycles. The normalized spacial score (nSPS) is 10.3. The van der Waals surface area contributed by atoms with Crippen LogP contribution in [-0.2, 0) is 6.54 Å². The number of aromatic nitrogens is 2. The summed E-state index contributed by atoms with van der Waals surface area (Å²) < 4.78 is 1.50. The zero-order valence-electron chi connectivity index (χ0n) is 8.31. The topological polar surface area (TPSA) is 54.9 Å². The number of benzene rings is 1. The minimum absolute atomic E-state index is 0.272. The number of hydrogen-bond donors (Lipinski definition) is 1. The Morgan fingerprint density at radius 1 is 1.19 bits per heavy atom. The van der Waals surface area contributed by atoms with Crippen molar-refractivity contribution in [2.24, 2.45) is 0 Å². The molecule has 0 aliphatic rings. The Labute approximate surface area is 99.7 Å². The molecule has 0 spiro atoms. The summed E-state index contributed by atoms with van der Waals surface area (Å²) in [5.74, 6) is 0. The minimum Gasteiger partial charge on any atom is -0.313 e. The lowest BCUT2D eigenvalue weighted by molar-refractivity contribution is 0.694. The van der Waals surface area contributed by atoms with Gasteiger partial charge in [-0.25, -0.2) is 4.79 Å². The lowest BCUT2D eigenvalue weighted by Gasteiger charge is -2.04. The first-order valence-electron chi connectivity index (χ1n) is 4.70. The van der Waals surface area contributed by atoms with E-state index in [-0.39, 0.29) is 12.1 Å². The third-order valence-corrected chi connectivity index (χ3v) is 2.77. The number of nitrogens with one attached hydrogen (secondary N) is 1. The highest BCUT2D eigenvalue weighted by molar-refractivity contribution is 9.10. The molecule has 0 amide bonds. The van der Waals surface area contributed by atoms with Gasteiger partial charge < -0.3 is 4.98 Å². The Balaban J connectivity index is 2.47. The van der Waals surface area contributed by atoms with Gasteiger partial charge in [-0.2, -0.15) is 0 Å². The van der Waals surface area contributed by atoms with Crippen molar-refractivity contribution < 1.29 is 0 Å². The van der Waals surface area contributed by atoms with E-state index in [0.717, 1.165) is 10.1 Å². The van der Waals surface area contributed by atoms with Crippen LogP contribution in [0.4, 0.5) is 0 Å². The summed E-state index contributed by atoms with van der Waals surface area (Å²) in [7, 11) is 0. The molecule has 1 heterocycles. The van der Waals surface area contributed by atoms with Crippen LogP contribution in [-0.4, -0.2) is 9.55 Å². The van der Waals surface area contributed by atoms with Gasteiger partial charge in [-0.3, -0.25) is 9.36 Å². The van der Waals surface area contributed by atoms with Crippen molar-refractivity contribution in [1.29, 1.82) is 0 Å². The first-order chi connectivity index (χ1) is 7.68. The third-order valence-electron chi connectivity index (χ3n) is 2.20. The van der Waals surface area contributed by atoms with E-state index in [1.165, 1.54) is 6.20 Å². The fraction of sp³-hybridized carbons (Fsp3) is 0.0909. The lowest BCUT2D eigenvalue weighted by Crippen LogP contribution is -2.35. The molecule has 4 nitrogen and oxygen atoms in total. The Kier molecular flexibility index (Phi) is 3.05. The van der Waals surface area contributed by atoms with Gasteiger partial charge in [0.25, 0.3) is 5.56 Å². The van der Waals surface area contributed by atoms with Gasteiger partial charge in [0.05, 0.1) is 11.0 Å². The van der Waals surface area contributed by atoms with Crippen molar-refractivity contribution >= 4 is 15.9 Å². The van der Waals surface area contributed by atoms with E-state index in [1.807, 2.05) is 30.3 Å². The molecule has 16 heavy (non-hydrogen) atoms. The molecule has 1 N–H and O–H groups in total. The van der Waals surface area contributed by atoms with Gasteiger partial charge in [-0.05, 0) is 21.5 Å². The van der Waals surface area contributed by atoms with Crippen LogP contribution in [0, 0.1) is 0 Å². The van der Waals surface area contributed by atoms with E-state index in [0.29, 0.717) is 4.47 Å². The Bertz CT molecular complexity index is 601. The lowest BCUT2D eigenvalue weighted by atomic mass is 10.2. The zero-order valence-corrected chi connectivity index (χ0v) is 9.90. The smallest absolute Gasteiger partial charge is 0.313 e. The molecular formula is C11H9BrN2O2. The van der Waals surface area contributed by atoms with Crippen LogP contribution < -0.4 is 11.2 Å². The maximum absolute atomic E-state index is 11.7. The second-order valence-corrected chi connectivity index (χ2v) is 4.17. The molecule has 5 heteroatoms. The van der Waals surface area contributed by atoms with Gasteiger partial charge in [-0.15, -0.1) is 0 Å². The van der Waals surface area contributed by atoms with Gasteiger partial charge in [0.2, 0.25) is 0 Å². The largest absolute Gasteiger partial charge is 0.328 e. The maximum Gasteiger partial charge on any atom is 0.328 e. The van der Waals surface area contributed by atoms with Gasteiger partial charge in [0, 0.05) is 6.20 Å². The highest BCUT2D eigenvalue weighted by Crippen LogP contribution is 2.01. The monoisotopic (exact) mass is 280 g/mol. The van der Waals surface area contributed by atoms with E-state index in [2.05, 4.69) is 20.9 Å². The third kappa shape index (κ3) is 2.14. The van der Waals surface area contributed by atoms with Crippen molar-refractivity contribution in [2.45, 2.75) is 6.54 Å². The minimum atomic E-state index is -0.406. The molecule has 0 fully saturated rings. The molecule has 0 saturated carbocycles. The fourth-order valence-electron chi connectivity index (χ4n) is 1.40. The molecule has 1 aromatic heterocycles. The number of H-pyrrole nitrogens is 1. The van der Waals surface area contributed by atoms with Crippen LogP contribution in [0.2, 0.25) is 0 Å². The molecule has 0 saturated heterocycles. The van der Waals surface area contributed by atoms with Crippen molar-refractivity contribution in [1.82, 2.24) is 9.55 Å². The molecule has 0 unspecified atom stereocenters. The Morgan fingerprint density at radius 3 is 2.56 bits per heavy atom. The van der Waals surface area contributed by atoms with Gasteiger partial charge in [-0.1, -0.05) is 30.3 Å². The first kappa shape index (κ1) is 10.9. The van der Waals surface area contributed by atoms with Crippen LogP contribution >= 0.6 is 15.9 Å². The van der Waals surface area contributed by atoms with E-state index < -0.39 is 5.69 Å². The molecule has 2 rings (SSSR count). The van der Waals surface area contributed by atoms with Crippen molar-refractivity contribution in [3.63, 3.8) is 0 Å². The SMILES string of the molecule is O=c1[nH]cc(Br)c(=O)n1Cc1ccccc1. The number of hydrogen-bond acceptors (Lipinski definition) is 2. The van der Waals surface area contributed by atoms with Crippen LogP contribution in [0.15, 0.2) is 50.6 Å². The zero-order chi connectivity index (χ0) is 11.5. The van der Waals surface area contributed by atoms with Gasteiger partial charge in [0.1, 0.15) is 0 Å². The molecule has 0 bridgehead atoms. The van der Waals surface area contributed by atoms with Crippen LogP contribution in [0.3, 0.4) is 0 Å². The Morgan fingerprint density at radius 2 is 1.88 bits per heavy atom. The molecule has 0 atom stereocenters. The maximum atomic E-state index is 11.7. The van der Waals surface area contributed by atoms with Crippen LogP contribution in [0.25, 0.3) is 0 Å². The molecule has 82 valence electrons. The first-order valence-corrected chi connectivity index (χ1v) is 5.50. The average Bonchev–Trinajstić information content (AvgIpc) is 2.31. The van der Waals surface area contributed by atoms with E-state index in [9.17, 15) is 9.59 Å². The van der Waals surface area contributed by atoms with Crippen LogP contribution in [0.1, 0.15) is 5.56 Å².